The molecule has 2 N–H and O–H groups in total. The number of oxime groups is 2. The summed E-state index contributed by atoms with van der Waals surface area (Å²) in [5.74, 6) is -1.74. The van der Waals surface area contributed by atoms with E-state index in [1.165, 1.54) is 25.1 Å². The summed E-state index contributed by atoms with van der Waals surface area (Å²) in [6.07, 6.45) is -7.90. The zero-order chi connectivity index (χ0) is 70.6. The molecule has 2 fully saturated rings. The van der Waals surface area contributed by atoms with Crippen LogP contribution in [-0.2, 0) is 65.7 Å². The minimum atomic E-state index is -4.82. The maximum atomic E-state index is 14.0. The summed E-state index contributed by atoms with van der Waals surface area (Å²) in [7, 11) is 0. The van der Waals surface area contributed by atoms with Crippen LogP contribution in [0.4, 0.5) is 26.3 Å². The van der Waals surface area contributed by atoms with Crippen molar-refractivity contribution in [1.82, 2.24) is 0 Å². The molecule has 6 rings (SSSR count). The highest BCUT2D eigenvalue weighted by atomic mass is 19.4. The van der Waals surface area contributed by atoms with Crippen LogP contribution in [0.2, 0.25) is 0 Å². The van der Waals surface area contributed by atoms with E-state index in [4.69, 9.17) is 47.3 Å². The number of hydrogen-bond acceptors (Lipinski definition) is 8. The fraction of sp³-hybridized carbons (Fsp3) is 0.500. The van der Waals surface area contributed by atoms with Crippen LogP contribution in [0, 0.1) is 0 Å². The zero-order valence-corrected chi connectivity index (χ0v) is 37.1. The summed E-state index contributed by atoms with van der Waals surface area (Å²) in [5.41, 5.74) is -7.69. The largest absolute Gasteiger partial charge is 0.479 e. The van der Waals surface area contributed by atoms with Crippen LogP contribution in [0.15, 0.2) is 83.1 Å². The lowest BCUT2D eigenvalue weighted by atomic mass is 9.81. The number of ketones is 1. The van der Waals surface area contributed by atoms with Gasteiger partial charge in [-0.05, 0) is 145 Å². The van der Waals surface area contributed by atoms with E-state index < -0.39 is 140 Å². The molecule has 2 saturated carbocycles. The van der Waals surface area contributed by atoms with Crippen molar-refractivity contribution in [2.75, 3.05) is 6.61 Å². The number of carbonyl (C=O) groups excluding carboxylic acids is 1. The summed E-state index contributed by atoms with van der Waals surface area (Å²) in [5, 5.41) is 26.2. The molecule has 4 aromatic carbocycles. The smallest absolute Gasteiger partial charge is 0.416 e. The number of nitrogens with zero attached hydrogens (tertiary/aromatic N) is 2. The normalized spacial score (nSPS) is 22.4. The van der Waals surface area contributed by atoms with Gasteiger partial charge in [0.05, 0.1) is 47.5 Å². The van der Waals surface area contributed by atoms with Crippen LogP contribution < -0.4 is 0 Å². The van der Waals surface area contributed by atoms with Crippen LogP contribution in [0.5, 0.6) is 0 Å². The van der Waals surface area contributed by atoms with Crippen molar-refractivity contribution in [3.63, 3.8) is 0 Å². The molecular weight excluding hydrogens is 887 g/mol. The lowest BCUT2D eigenvalue weighted by Crippen LogP contribution is -2.15. The molecule has 68 heavy (non-hydrogen) atoms. The van der Waals surface area contributed by atoms with E-state index in [1.54, 1.807) is 6.92 Å². The Morgan fingerprint density at radius 1 is 0.647 bits per heavy atom. The molecule has 0 amide bonds. The number of aryl methyl sites for hydroxylation is 2. The van der Waals surface area contributed by atoms with E-state index in [0.717, 1.165) is 87.8 Å². The first-order chi connectivity index (χ1) is 41.5. The number of aliphatic hydroxyl groups is 2. The van der Waals surface area contributed by atoms with Crippen LogP contribution in [0.1, 0.15) is 222 Å². The Balaban J connectivity index is 0.000000316. The average molecular weight is 979 g/mol. The molecule has 8 nitrogen and oxygen atoms in total. The third kappa shape index (κ3) is 16.8. The molecule has 0 spiro atoms. The number of halogens is 6. The van der Waals surface area contributed by atoms with Gasteiger partial charge in [0.15, 0.2) is 5.78 Å². The molecule has 4 aromatic rings. The molecule has 0 aromatic heterocycles. The van der Waals surface area contributed by atoms with E-state index in [0.29, 0.717) is 37.6 Å². The number of Topliss-reactive ketones (excluding diaryl/α,β-unsaturated/α-hetero) is 1. The lowest BCUT2D eigenvalue weighted by Gasteiger charge is -2.25. The molecular formula is C54H68F6N2O6. The average Bonchev–Trinajstić information content (AvgIpc) is 0.774. The second-order valence-electron chi connectivity index (χ2n) is 15.5. The van der Waals surface area contributed by atoms with Crippen LogP contribution >= 0.6 is 0 Å². The minimum Gasteiger partial charge on any atom is -0.479 e. The number of hydrogen-bond donors (Lipinski definition) is 2. The Kier molecular flexibility index (Phi) is 11.9. The minimum absolute atomic E-state index is 0.0262. The predicted molar refractivity (Wildman–Crippen MR) is 255 cm³/mol. The molecule has 0 atom stereocenters. The van der Waals surface area contributed by atoms with Gasteiger partial charge in [-0.15, -0.1) is 0 Å². The molecule has 0 heterocycles. The second-order valence-corrected chi connectivity index (χ2v) is 15.5. The third-order valence-corrected chi connectivity index (χ3v) is 10.9. The maximum Gasteiger partial charge on any atom is 0.416 e. The van der Waals surface area contributed by atoms with Crippen LogP contribution in [-0.4, -0.2) is 34.2 Å². The molecule has 372 valence electrons. The van der Waals surface area contributed by atoms with Gasteiger partial charge in [0.1, 0.15) is 13.1 Å². The standard InChI is InChI=1S/C25H30F3NO2.C18H24F3NO2.C11H14O2/c1-3-19-14-21(10-11-22(19)15-30)17(2)29-31-16-18-9-12-23(20-7-5-4-6-8-20)24(13-18)25(26,27)28;1-3-23-13(2)22-24-12-14-9-10-16(15-7-5-4-6-8-15)17(11-14)18(19,20)21;1-3-9-6-10(8(2)13)4-5-11(9)7-12/h9-14,20,30H,3-8,15-16H2,1-2H3;9-11,15H,3-8,12H2,1-2H3;4-6,12H,3,7H2,1-2H3/b29-17+;22-13-;/i1D3,2D3,3D2,15D2,16D2;12D2;1D3,2D3,3D2,7D2. The van der Waals surface area contributed by atoms with E-state index in [9.17, 15) is 41.4 Å². The van der Waals surface area contributed by atoms with Crippen molar-refractivity contribution in [3.8, 4) is 0 Å². The van der Waals surface area contributed by atoms with Gasteiger partial charge in [0, 0.05) is 34.4 Å². The van der Waals surface area contributed by atoms with Crippen LogP contribution in [0.3, 0.4) is 0 Å². The highest BCUT2D eigenvalue weighted by Gasteiger charge is 2.37. The second kappa shape index (κ2) is 27.1. The van der Waals surface area contributed by atoms with Crippen molar-refractivity contribution in [3.05, 3.63) is 140 Å². The molecule has 0 unspecified atom stereocenters. The summed E-state index contributed by atoms with van der Waals surface area (Å²) < 4.78 is 270. The number of benzene rings is 4. The zero-order valence-electron chi connectivity index (χ0n) is 61.1. The summed E-state index contributed by atoms with van der Waals surface area (Å²) >= 11 is 0. The molecule has 0 bridgehead atoms. The van der Waals surface area contributed by atoms with Crippen molar-refractivity contribution >= 4 is 17.4 Å². The SMILES string of the molecule is [2H]C([2H])(O/N=C(/C)OCC)c1ccc(C2CCCCC2)c(C(F)(F)F)c1.[2H]C([2H])([2H])/C(=N\OC([2H])([2H])c1ccc(C2CCCCC2)c(C(F)(F)F)c1)c1ccc(C([2H])([2H])O)c(C([2H])([2H])C([2H])([2H])[2H])c1.[2H]C([2H])([2H])C(=O)c1ccc(C([2H])([2H])O)c(C([2H])([2H])C([2H])([2H])[2H])c1. The molecule has 2 aliphatic rings. The number of carbonyl (C=O) groups is 1. The summed E-state index contributed by atoms with van der Waals surface area (Å²) in [6, 6.07) is 11.1. The van der Waals surface area contributed by atoms with E-state index in [1.807, 2.05) is 0 Å². The molecule has 14 heteroatoms. The topological polar surface area (TPSA) is 110 Å². The summed E-state index contributed by atoms with van der Waals surface area (Å²) in [6.45, 7) is -21.2. The quantitative estimate of drug-likeness (QED) is 0.0404. The van der Waals surface area contributed by atoms with Crippen molar-refractivity contribution < 1.29 is 88.7 Å². The van der Waals surface area contributed by atoms with Crippen molar-refractivity contribution in [2.24, 2.45) is 10.3 Å². The molecule has 0 aliphatic heterocycles. The highest BCUT2D eigenvalue weighted by Crippen LogP contribution is 2.42. The number of alkyl halides is 6. The Morgan fingerprint density at radius 2 is 1.12 bits per heavy atom. The van der Waals surface area contributed by atoms with Crippen LogP contribution in [0.25, 0.3) is 0 Å². The first kappa shape index (κ1) is 29.7. The first-order valence-electron chi connectivity index (χ1n) is 33.4. The monoisotopic (exact) mass is 979 g/mol. The van der Waals surface area contributed by atoms with E-state index in [2.05, 4.69) is 10.3 Å². The van der Waals surface area contributed by atoms with Gasteiger partial charge in [-0.3, -0.25) is 4.79 Å². The van der Waals surface area contributed by atoms with Gasteiger partial charge >= 0.3 is 12.4 Å². The van der Waals surface area contributed by atoms with Crippen molar-refractivity contribution in [2.45, 2.75) is 169 Å². The van der Waals surface area contributed by atoms with Gasteiger partial charge in [-0.2, -0.15) is 26.3 Å². The predicted octanol–water partition coefficient (Wildman–Crippen LogP) is 14.3. The Hall–Kier alpha value is -5.21. The molecule has 0 radical (unpaired) electrons. The van der Waals surface area contributed by atoms with Gasteiger partial charge in [0.25, 0.3) is 0 Å². The molecule has 0 saturated heterocycles. The fourth-order valence-electron chi connectivity index (χ4n) is 7.60. The fourth-order valence-corrected chi connectivity index (χ4v) is 7.60. The Morgan fingerprint density at radius 3 is 1.54 bits per heavy atom. The number of rotatable bonds is 15. The lowest BCUT2D eigenvalue weighted by molar-refractivity contribution is -0.139. The van der Waals surface area contributed by atoms with Crippen molar-refractivity contribution in [1.29, 1.82) is 0 Å². The van der Waals surface area contributed by atoms with Gasteiger partial charge < -0.3 is 24.6 Å². The number of ether oxygens (including phenoxy) is 1. The third-order valence-electron chi connectivity index (χ3n) is 10.9. The molecule has 2 aliphatic carbocycles. The van der Waals surface area contributed by atoms with Gasteiger partial charge in [0.2, 0.25) is 5.90 Å². The Labute approximate surface area is 431 Å². The first-order valence-corrected chi connectivity index (χ1v) is 21.4. The van der Waals surface area contributed by atoms with Gasteiger partial charge in [-0.25, -0.2) is 0 Å². The summed E-state index contributed by atoms with van der Waals surface area (Å²) in [4.78, 5) is 21.5. The highest BCUT2D eigenvalue weighted by molar-refractivity contribution is 5.98. The van der Waals surface area contributed by atoms with E-state index >= 15 is 0 Å². The van der Waals surface area contributed by atoms with E-state index in [-0.39, 0.29) is 34.4 Å². The van der Waals surface area contributed by atoms with Gasteiger partial charge in [-0.1, -0.05) is 111 Å². The maximum absolute atomic E-state index is 14.0. The Bertz CT molecular complexity index is 3250.